The number of esters is 1. The van der Waals surface area contributed by atoms with Crippen LogP contribution in [-0.4, -0.2) is 42.4 Å². The van der Waals surface area contributed by atoms with Gasteiger partial charge in [-0.05, 0) is 43.3 Å². The first-order valence-electron chi connectivity index (χ1n) is 8.89. The number of likely N-dealkylation sites (tertiary alicyclic amines) is 1. The molecule has 1 aliphatic heterocycles. The summed E-state index contributed by atoms with van der Waals surface area (Å²) in [5.74, 6) is -1.01. The van der Waals surface area contributed by atoms with E-state index in [2.05, 4.69) is 5.32 Å². The summed E-state index contributed by atoms with van der Waals surface area (Å²) in [6.45, 7) is 2.70. The summed E-state index contributed by atoms with van der Waals surface area (Å²) in [5, 5.41) is 4.57. The van der Waals surface area contributed by atoms with Gasteiger partial charge in [-0.2, -0.15) is 0 Å². The third-order valence-electron chi connectivity index (χ3n) is 4.53. The van der Waals surface area contributed by atoms with Gasteiger partial charge in [0, 0.05) is 18.8 Å². The van der Waals surface area contributed by atoms with Gasteiger partial charge in [0.2, 0.25) is 0 Å². The number of piperidine rings is 1. The highest BCUT2D eigenvalue weighted by Crippen LogP contribution is 2.21. The number of hydrogen-bond acceptors (Lipinski definition) is 5. The first kappa shape index (κ1) is 19.1. The Morgan fingerprint density at radius 1 is 1.15 bits per heavy atom. The molecule has 27 heavy (non-hydrogen) atoms. The molecule has 1 aromatic heterocycles. The van der Waals surface area contributed by atoms with Gasteiger partial charge in [-0.3, -0.25) is 14.4 Å². The molecule has 0 aliphatic carbocycles. The zero-order chi connectivity index (χ0) is 19.2. The topological polar surface area (TPSA) is 75.7 Å². The first-order chi connectivity index (χ1) is 13.0. The Hall–Kier alpha value is -2.67. The monoisotopic (exact) mass is 386 g/mol. The molecular weight excluding hydrogens is 364 g/mol. The summed E-state index contributed by atoms with van der Waals surface area (Å²) in [6, 6.07) is 11.0. The summed E-state index contributed by atoms with van der Waals surface area (Å²) >= 11 is 1.42. The molecule has 1 fully saturated rings. The average Bonchev–Trinajstić information content (AvgIpc) is 3.22. The molecule has 6 nitrogen and oxygen atoms in total. The predicted molar refractivity (Wildman–Crippen MR) is 104 cm³/mol. The van der Waals surface area contributed by atoms with E-state index in [4.69, 9.17) is 4.74 Å². The minimum absolute atomic E-state index is 0.00860. The van der Waals surface area contributed by atoms with E-state index in [1.807, 2.05) is 30.5 Å². The molecule has 2 amide bonds. The molecule has 142 valence electrons. The number of rotatable bonds is 5. The van der Waals surface area contributed by atoms with E-state index in [1.165, 1.54) is 11.3 Å². The average molecular weight is 386 g/mol. The van der Waals surface area contributed by atoms with Gasteiger partial charge in [-0.25, -0.2) is 0 Å². The molecular formula is C20H22N2O4S. The summed E-state index contributed by atoms with van der Waals surface area (Å²) in [7, 11) is 0. The Morgan fingerprint density at radius 3 is 2.48 bits per heavy atom. The van der Waals surface area contributed by atoms with Crippen molar-refractivity contribution in [1.29, 1.82) is 0 Å². The normalized spacial score (nSPS) is 14.6. The van der Waals surface area contributed by atoms with Crippen molar-refractivity contribution in [3.63, 3.8) is 0 Å². The van der Waals surface area contributed by atoms with Gasteiger partial charge in [0.15, 0.2) is 6.61 Å². The highest BCUT2D eigenvalue weighted by molar-refractivity contribution is 7.12. The number of carbonyl (C=O) groups excluding carboxylic acids is 3. The highest BCUT2D eigenvalue weighted by atomic mass is 32.1. The molecule has 0 unspecified atom stereocenters. The van der Waals surface area contributed by atoms with Gasteiger partial charge >= 0.3 is 5.97 Å². The van der Waals surface area contributed by atoms with Crippen LogP contribution in [0.1, 0.15) is 28.1 Å². The maximum absolute atomic E-state index is 12.3. The Bertz CT molecular complexity index is 794. The van der Waals surface area contributed by atoms with Gasteiger partial charge in [0.1, 0.15) is 0 Å². The van der Waals surface area contributed by atoms with Crippen LogP contribution in [-0.2, 0) is 14.3 Å². The van der Waals surface area contributed by atoms with Crippen LogP contribution in [0.25, 0.3) is 0 Å². The van der Waals surface area contributed by atoms with Crippen LogP contribution in [0.15, 0.2) is 41.8 Å². The lowest BCUT2D eigenvalue weighted by atomic mass is 9.97. The quantitative estimate of drug-likeness (QED) is 0.801. The van der Waals surface area contributed by atoms with E-state index in [9.17, 15) is 14.4 Å². The number of nitrogens with zero attached hydrogens (tertiary/aromatic N) is 1. The molecule has 0 saturated carbocycles. The minimum Gasteiger partial charge on any atom is -0.455 e. The maximum Gasteiger partial charge on any atom is 0.309 e. The number of hydrogen-bond donors (Lipinski definition) is 1. The predicted octanol–water partition coefficient (Wildman–Crippen LogP) is 3.09. The highest BCUT2D eigenvalue weighted by Gasteiger charge is 2.29. The van der Waals surface area contributed by atoms with Crippen LogP contribution >= 0.6 is 11.3 Å². The number of nitrogens with one attached hydrogen (secondary N) is 1. The molecule has 0 spiro atoms. The van der Waals surface area contributed by atoms with E-state index in [-0.39, 0.29) is 30.3 Å². The van der Waals surface area contributed by atoms with E-state index >= 15 is 0 Å². The lowest BCUT2D eigenvalue weighted by Gasteiger charge is -2.30. The zero-order valence-corrected chi connectivity index (χ0v) is 16.0. The van der Waals surface area contributed by atoms with E-state index in [0.717, 1.165) is 5.56 Å². The second-order valence-corrected chi connectivity index (χ2v) is 7.51. The smallest absolute Gasteiger partial charge is 0.309 e. The first-order valence-corrected chi connectivity index (χ1v) is 9.77. The lowest BCUT2D eigenvalue weighted by Crippen LogP contribution is -2.40. The van der Waals surface area contributed by atoms with Crippen LogP contribution in [0, 0.1) is 12.8 Å². The van der Waals surface area contributed by atoms with Gasteiger partial charge in [-0.15, -0.1) is 11.3 Å². The third-order valence-corrected chi connectivity index (χ3v) is 5.39. The number of thiophene rings is 1. The van der Waals surface area contributed by atoms with Gasteiger partial charge < -0.3 is 15.0 Å². The SMILES string of the molecule is Cc1ccc(NC(=O)COC(=O)C2CCN(C(=O)c3cccs3)CC2)cc1. The Kier molecular flexibility index (Phi) is 6.24. The molecule has 2 aromatic rings. The van der Waals surface area contributed by atoms with Crippen molar-refractivity contribution in [2.45, 2.75) is 19.8 Å². The fourth-order valence-corrected chi connectivity index (χ4v) is 3.65. The second-order valence-electron chi connectivity index (χ2n) is 6.57. The molecule has 0 radical (unpaired) electrons. The molecule has 1 N–H and O–H groups in total. The standard InChI is InChI=1S/C20H22N2O4S/c1-14-4-6-16(7-5-14)21-18(23)13-26-20(25)15-8-10-22(11-9-15)19(24)17-3-2-12-27-17/h2-7,12,15H,8-11,13H2,1H3,(H,21,23). The van der Waals surface area contributed by atoms with Gasteiger partial charge in [0.25, 0.3) is 11.8 Å². The van der Waals surface area contributed by atoms with Gasteiger partial charge in [-0.1, -0.05) is 23.8 Å². The van der Waals surface area contributed by atoms with Gasteiger partial charge in [0.05, 0.1) is 10.8 Å². The van der Waals surface area contributed by atoms with Crippen LogP contribution < -0.4 is 5.32 Å². The molecule has 2 heterocycles. The Labute approximate surface area is 162 Å². The van der Waals surface area contributed by atoms with Crippen LogP contribution in [0.5, 0.6) is 0 Å². The van der Waals surface area contributed by atoms with E-state index in [1.54, 1.807) is 23.1 Å². The lowest BCUT2D eigenvalue weighted by molar-refractivity contribution is -0.152. The van der Waals surface area contributed by atoms with Crippen molar-refractivity contribution in [2.75, 3.05) is 25.0 Å². The number of ether oxygens (including phenoxy) is 1. The van der Waals surface area contributed by atoms with Crippen molar-refractivity contribution in [3.05, 3.63) is 52.2 Å². The summed E-state index contributed by atoms with van der Waals surface area (Å²) < 4.78 is 5.15. The summed E-state index contributed by atoms with van der Waals surface area (Å²) in [5.41, 5.74) is 1.77. The number of carbonyl (C=O) groups is 3. The van der Waals surface area contributed by atoms with Crippen LogP contribution in [0.2, 0.25) is 0 Å². The van der Waals surface area contributed by atoms with Crippen molar-refractivity contribution in [2.24, 2.45) is 5.92 Å². The van der Waals surface area contributed by atoms with E-state index in [0.29, 0.717) is 36.5 Å². The second kappa shape index (κ2) is 8.81. The molecule has 7 heteroatoms. The van der Waals surface area contributed by atoms with Crippen molar-refractivity contribution >= 4 is 34.8 Å². The zero-order valence-electron chi connectivity index (χ0n) is 15.1. The Morgan fingerprint density at radius 2 is 1.85 bits per heavy atom. The van der Waals surface area contributed by atoms with Crippen molar-refractivity contribution in [3.8, 4) is 0 Å². The Balaban J connectivity index is 1.41. The third kappa shape index (κ3) is 5.17. The van der Waals surface area contributed by atoms with Crippen molar-refractivity contribution in [1.82, 2.24) is 4.90 Å². The number of benzene rings is 1. The molecule has 0 bridgehead atoms. The van der Waals surface area contributed by atoms with E-state index < -0.39 is 0 Å². The number of amides is 2. The molecule has 1 aromatic carbocycles. The fraction of sp³-hybridized carbons (Fsp3) is 0.350. The number of anilines is 1. The number of aryl methyl sites for hydroxylation is 1. The molecule has 1 aliphatic rings. The maximum atomic E-state index is 12.3. The molecule has 0 atom stereocenters. The van der Waals surface area contributed by atoms with Crippen LogP contribution in [0.4, 0.5) is 5.69 Å². The van der Waals surface area contributed by atoms with Crippen molar-refractivity contribution < 1.29 is 19.1 Å². The molecule has 3 rings (SSSR count). The van der Waals surface area contributed by atoms with Crippen LogP contribution in [0.3, 0.4) is 0 Å². The summed E-state index contributed by atoms with van der Waals surface area (Å²) in [6.07, 6.45) is 1.10. The largest absolute Gasteiger partial charge is 0.455 e. The fourth-order valence-electron chi connectivity index (χ4n) is 2.96. The minimum atomic E-state index is -0.378. The summed E-state index contributed by atoms with van der Waals surface area (Å²) in [4.78, 5) is 38.9. The molecule has 1 saturated heterocycles.